The second-order valence-corrected chi connectivity index (χ2v) is 4.54. The highest BCUT2D eigenvalue weighted by atomic mass is 19.1. The van der Waals surface area contributed by atoms with Crippen molar-refractivity contribution in [1.82, 2.24) is 0 Å². The quantitative estimate of drug-likeness (QED) is 0.769. The predicted molar refractivity (Wildman–Crippen MR) is 67.0 cm³/mol. The fourth-order valence-electron chi connectivity index (χ4n) is 2.19. The molecule has 2 rings (SSSR count). The molecule has 1 aromatic carbocycles. The fourth-order valence-corrected chi connectivity index (χ4v) is 2.19. The Bertz CT molecular complexity index is 455. The predicted octanol–water partition coefficient (Wildman–Crippen LogP) is 2.49. The van der Waals surface area contributed by atoms with E-state index < -0.39 is 18.5 Å². The number of aryl methyl sites for hydroxylation is 1. The van der Waals surface area contributed by atoms with Crippen LogP contribution in [0.25, 0.3) is 0 Å². The van der Waals surface area contributed by atoms with Gasteiger partial charge in [-0.15, -0.1) is 0 Å². The minimum absolute atomic E-state index is 0.0218. The minimum atomic E-state index is -0.798. The zero-order valence-electron chi connectivity index (χ0n) is 10.4. The molecule has 0 N–H and O–H groups in total. The molecule has 0 aromatic heterocycles. The number of imide groups is 1. The molecule has 1 aliphatic rings. The first-order chi connectivity index (χ1) is 8.67. The second kappa shape index (κ2) is 5.29. The number of carbonyl (C=O) groups is 2. The highest BCUT2D eigenvalue weighted by Gasteiger charge is 2.39. The summed E-state index contributed by atoms with van der Waals surface area (Å²) >= 11 is 0. The van der Waals surface area contributed by atoms with Crippen molar-refractivity contribution in [3.05, 3.63) is 29.8 Å². The Morgan fingerprint density at radius 1 is 1.28 bits per heavy atom. The number of hydrogen-bond donors (Lipinski definition) is 0. The molecule has 1 atom stereocenters. The third kappa shape index (κ3) is 2.28. The lowest BCUT2D eigenvalue weighted by atomic mass is 10.1. The third-order valence-corrected chi connectivity index (χ3v) is 3.16. The Kier molecular flexibility index (Phi) is 3.75. The van der Waals surface area contributed by atoms with Gasteiger partial charge in [0.1, 0.15) is 6.67 Å². The molecule has 1 aliphatic heterocycles. The summed E-state index contributed by atoms with van der Waals surface area (Å²) in [7, 11) is 0. The molecule has 3 nitrogen and oxygen atoms in total. The van der Waals surface area contributed by atoms with Crippen LogP contribution in [0, 0.1) is 5.92 Å². The van der Waals surface area contributed by atoms with Crippen molar-refractivity contribution >= 4 is 17.5 Å². The van der Waals surface area contributed by atoms with Crippen LogP contribution < -0.4 is 4.90 Å². The van der Waals surface area contributed by atoms with Crippen molar-refractivity contribution in [2.75, 3.05) is 11.6 Å². The van der Waals surface area contributed by atoms with Crippen LogP contribution >= 0.6 is 0 Å². The molecule has 1 heterocycles. The van der Waals surface area contributed by atoms with Gasteiger partial charge in [-0.05, 0) is 24.1 Å². The lowest BCUT2D eigenvalue weighted by molar-refractivity contribution is -0.122. The summed E-state index contributed by atoms with van der Waals surface area (Å²) in [5.41, 5.74) is 1.71. The molecule has 0 radical (unpaired) electrons. The molecule has 1 fully saturated rings. The summed E-state index contributed by atoms with van der Waals surface area (Å²) < 4.78 is 12.6. The average molecular weight is 249 g/mol. The summed E-state index contributed by atoms with van der Waals surface area (Å²) in [6.45, 7) is 1.32. The van der Waals surface area contributed by atoms with Crippen molar-refractivity contribution in [3.8, 4) is 0 Å². The van der Waals surface area contributed by atoms with Gasteiger partial charge < -0.3 is 0 Å². The van der Waals surface area contributed by atoms with Gasteiger partial charge in [0.05, 0.1) is 11.6 Å². The van der Waals surface area contributed by atoms with Gasteiger partial charge in [-0.1, -0.05) is 25.5 Å². The number of halogens is 1. The molecule has 1 aromatic rings. The lowest BCUT2D eigenvalue weighted by Crippen LogP contribution is -2.30. The molecule has 1 unspecified atom stereocenters. The van der Waals surface area contributed by atoms with E-state index in [9.17, 15) is 14.0 Å². The van der Waals surface area contributed by atoms with E-state index in [1.165, 1.54) is 5.56 Å². The van der Waals surface area contributed by atoms with E-state index in [0.29, 0.717) is 5.69 Å². The second-order valence-electron chi connectivity index (χ2n) is 4.54. The standard InChI is InChI=1S/C14H16FNO2/c1-2-3-10-4-6-12(7-5-10)16-13(17)8-11(9-15)14(16)18/h4-7,11H,2-3,8-9H2,1H3. The van der Waals surface area contributed by atoms with E-state index in [1.807, 2.05) is 12.1 Å². The smallest absolute Gasteiger partial charge is 0.240 e. The average Bonchev–Trinajstić information content (AvgIpc) is 2.66. The number of anilines is 1. The number of benzene rings is 1. The summed E-state index contributed by atoms with van der Waals surface area (Å²) in [4.78, 5) is 24.6. The Balaban J connectivity index is 2.21. The maximum absolute atomic E-state index is 12.6. The van der Waals surface area contributed by atoms with Crippen molar-refractivity contribution < 1.29 is 14.0 Å². The maximum Gasteiger partial charge on any atom is 0.240 e. The highest BCUT2D eigenvalue weighted by molar-refractivity contribution is 6.20. The van der Waals surface area contributed by atoms with Crippen LogP contribution in [0.2, 0.25) is 0 Å². The van der Waals surface area contributed by atoms with Crippen LogP contribution in [0.1, 0.15) is 25.3 Å². The third-order valence-electron chi connectivity index (χ3n) is 3.16. The van der Waals surface area contributed by atoms with Crippen LogP contribution in [-0.2, 0) is 16.0 Å². The van der Waals surface area contributed by atoms with Crippen molar-refractivity contribution in [3.63, 3.8) is 0 Å². The number of amides is 2. The molecular formula is C14H16FNO2. The molecule has 0 saturated carbocycles. The van der Waals surface area contributed by atoms with E-state index in [-0.39, 0.29) is 12.3 Å². The van der Waals surface area contributed by atoms with Crippen molar-refractivity contribution in [2.24, 2.45) is 5.92 Å². The number of alkyl halides is 1. The molecule has 4 heteroatoms. The van der Waals surface area contributed by atoms with Crippen LogP contribution in [0.5, 0.6) is 0 Å². The van der Waals surface area contributed by atoms with Gasteiger partial charge in [-0.2, -0.15) is 0 Å². The summed E-state index contributed by atoms with van der Waals surface area (Å²) in [6.07, 6.45) is 1.99. The van der Waals surface area contributed by atoms with Gasteiger partial charge in [0.2, 0.25) is 11.8 Å². The summed E-state index contributed by atoms with van der Waals surface area (Å²) in [5, 5.41) is 0. The SMILES string of the molecule is CCCc1ccc(N2C(=O)CC(CF)C2=O)cc1. The summed E-state index contributed by atoms with van der Waals surface area (Å²) in [5.74, 6) is -1.54. The van der Waals surface area contributed by atoms with Gasteiger partial charge in [0, 0.05) is 6.42 Å². The highest BCUT2D eigenvalue weighted by Crippen LogP contribution is 2.27. The molecule has 2 amide bonds. The van der Waals surface area contributed by atoms with E-state index in [2.05, 4.69) is 6.92 Å². The van der Waals surface area contributed by atoms with Gasteiger partial charge in [0.15, 0.2) is 0 Å². The van der Waals surface area contributed by atoms with Crippen molar-refractivity contribution in [1.29, 1.82) is 0 Å². The Morgan fingerprint density at radius 2 is 1.94 bits per heavy atom. The number of rotatable bonds is 4. The van der Waals surface area contributed by atoms with Crippen LogP contribution in [0.15, 0.2) is 24.3 Å². The topological polar surface area (TPSA) is 37.4 Å². The first-order valence-corrected chi connectivity index (χ1v) is 6.19. The zero-order chi connectivity index (χ0) is 13.1. The van der Waals surface area contributed by atoms with Crippen LogP contribution in [0.4, 0.5) is 10.1 Å². The van der Waals surface area contributed by atoms with Gasteiger partial charge in [-0.3, -0.25) is 18.9 Å². The zero-order valence-corrected chi connectivity index (χ0v) is 10.4. The molecule has 0 aliphatic carbocycles. The molecule has 96 valence electrons. The summed E-state index contributed by atoms with van der Waals surface area (Å²) in [6, 6.07) is 7.31. The Hall–Kier alpha value is -1.71. The van der Waals surface area contributed by atoms with Crippen LogP contribution in [0.3, 0.4) is 0 Å². The number of nitrogens with zero attached hydrogens (tertiary/aromatic N) is 1. The largest absolute Gasteiger partial charge is 0.274 e. The lowest BCUT2D eigenvalue weighted by Gasteiger charge is -2.14. The molecule has 1 saturated heterocycles. The van der Waals surface area contributed by atoms with Crippen molar-refractivity contribution in [2.45, 2.75) is 26.2 Å². The normalized spacial score (nSPS) is 19.7. The van der Waals surface area contributed by atoms with E-state index in [0.717, 1.165) is 17.7 Å². The van der Waals surface area contributed by atoms with E-state index in [1.54, 1.807) is 12.1 Å². The van der Waals surface area contributed by atoms with E-state index in [4.69, 9.17) is 0 Å². The van der Waals surface area contributed by atoms with Gasteiger partial charge in [-0.25, -0.2) is 0 Å². The number of hydrogen-bond acceptors (Lipinski definition) is 2. The monoisotopic (exact) mass is 249 g/mol. The first kappa shape index (κ1) is 12.7. The van der Waals surface area contributed by atoms with E-state index >= 15 is 0 Å². The molecule has 18 heavy (non-hydrogen) atoms. The first-order valence-electron chi connectivity index (χ1n) is 6.19. The minimum Gasteiger partial charge on any atom is -0.274 e. The Morgan fingerprint density at radius 3 is 2.44 bits per heavy atom. The van der Waals surface area contributed by atoms with Gasteiger partial charge in [0.25, 0.3) is 0 Å². The maximum atomic E-state index is 12.6. The van der Waals surface area contributed by atoms with Gasteiger partial charge >= 0.3 is 0 Å². The fraction of sp³-hybridized carbons (Fsp3) is 0.429. The molecular weight excluding hydrogens is 233 g/mol. The molecule has 0 bridgehead atoms. The number of carbonyl (C=O) groups excluding carboxylic acids is 2. The Labute approximate surface area is 106 Å². The van der Waals surface area contributed by atoms with Crippen LogP contribution in [-0.4, -0.2) is 18.5 Å². The molecule has 0 spiro atoms.